The lowest BCUT2D eigenvalue weighted by Gasteiger charge is -2.13. The number of carbonyl (C=O) groups excluding carboxylic acids is 1. The largest absolute Gasteiger partial charge is 0.466 e. The summed E-state index contributed by atoms with van der Waals surface area (Å²) in [6, 6.07) is 3.61. The lowest BCUT2D eigenvalue weighted by atomic mass is 10.2. The third-order valence-electron chi connectivity index (χ3n) is 2.50. The Balaban J connectivity index is 2.02. The van der Waals surface area contributed by atoms with Gasteiger partial charge in [-0.05, 0) is 26.0 Å². The molecule has 0 saturated heterocycles. The van der Waals surface area contributed by atoms with E-state index in [1.807, 2.05) is 19.1 Å². The maximum atomic E-state index is 11.4. The molecule has 0 spiro atoms. The Bertz CT molecular complexity index is 573. The molecule has 0 amide bonds. The molecule has 0 fully saturated rings. The van der Waals surface area contributed by atoms with Gasteiger partial charge < -0.3 is 10.1 Å². The average Bonchev–Trinajstić information content (AvgIpc) is 2.38. The van der Waals surface area contributed by atoms with Crippen LogP contribution in [0.3, 0.4) is 0 Å². The third-order valence-corrected chi connectivity index (χ3v) is 2.50. The van der Waals surface area contributed by atoms with E-state index in [0.29, 0.717) is 24.5 Å². The number of hydrogen-bond acceptors (Lipinski definition) is 6. The van der Waals surface area contributed by atoms with Crippen LogP contribution in [-0.4, -0.2) is 33.6 Å². The van der Waals surface area contributed by atoms with E-state index in [1.54, 1.807) is 19.3 Å². The molecule has 2 aromatic rings. The molecule has 0 aliphatic rings. The maximum absolute atomic E-state index is 11.4. The van der Waals surface area contributed by atoms with Gasteiger partial charge in [-0.1, -0.05) is 0 Å². The number of anilines is 1. The second-order valence-electron chi connectivity index (χ2n) is 4.15. The highest BCUT2D eigenvalue weighted by molar-refractivity contribution is 5.72. The lowest BCUT2D eigenvalue weighted by Crippen LogP contribution is -2.21. The zero-order valence-corrected chi connectivity index (χ0v) is 11.0. The smallest absolute Gasteiger partial charge is 0.307 e. The van der Waals surface area contributed by atoms with E-state index in [9.17, 15) is 4.79 Å². The zero-order chi connectivity index (χ0) is 13.7. The van der Waals surface area contributed by atoms with Gasteiger partial charge in [-0.15, -0.1) is 0 Å². The molecule has 2 heterocycles. The van der Waals surface area contributed by atoms with Gasteiger partial charge in [0.25, 0.3) is 0 Å². The van der Waals surface area contributed by atoms with E-state index >= 15 is 0 Å². The van der Waals surface area contributed by atoms with Crippen molar-refractivity contribution in [3.8, 4) is 0 Å². The highest BCUT2D eigenvalue weighted by atomic mass is 16.5. The van der Waals surface area contributed by atoms with Crippen LogP contribution < -0.4 is 5.32 Å². The fraction of sp³-hybridized carbons (Fsp3) is 0.385. The summed E-state index contributed by atoms with van der Waals surface area (Å²) in [6.45, 7) is 4.09. The standard InChI is InChI=1S/C13H16N4O2/c1-3-19-12(18)8-9(2)16-11-5-4-10-13(17-11)15-7-6-14-10/h4-7,9H,3,8H2,1-2H3,(H,15,16,17). The van der Waals surface area contributed by atoms with Gasteiger partial charge in [-0.2, -0.15) is 0 Å². The van der Waals surface area contributed by atoms with E-state index in [0.717, 1.165) is 5.52 Å². The van der Waals surface area contributed by atoms with Crippen molar-refractivity contribution in [3.63, 3.8) is 0 Å². The lowest BCUT2D eigenvalue weighted by molar-refractivity contribution is -0.143. The van der Waals surface area contributed by atoms with Crippen molar-refractivity contribution in [1.29, 1.82) is 0 Å². The summed E-state index contributed by atoms with van der Waals surface area (Å²) in [6.07, 6.45) is 3.52. The van der Waals surface area contributed by atoms with Gasteiger partial charge in [0.1, 0.15) is 11.3 Å². The Hall–Kier alpha value is -2.24. The van der Waals surface area contributed by atoms with E-state index in [2.05, 4.69) is 20.3 Å². The van der Waals surface area contributed by atoms with Crippen LogP contribution in [0.2, 0.25) is 0 Å². The van der Waals surface area contributed by atoms with Crippen molar-refractivity contribution in [2.45, 2.75) is 26.3 Å². The Morgan fingerprint density at radius 2 is 2.16 bits per heavy atom. The monoisotopic (exact) mass is 260 g/mol. The van der Waals surface area contributed by atoms with Crippen molar-refractivity contribution in [3.05, 3.63) is 24.5 Å². The van der Waals surface area contributed by atoms with Gasteiger partial charge in [0, 0.05) is 18.4 Å². The first-order valence-corrected chi connectivity index (χ1v) is 6.19. The molecule has 0 aliphatic carbocycles. The van der Waals surface area contributed by atoms with Crippen LogP contribution >= 0.6 is 0 Å². The van der Waals surface area contributed by atoms with Crippen LogP contribution in [0.1, 0.15) is 20.3 Å². The molecule has 0 bridgehead atoms. The van der Waals surface area contributed by atoms with Crippen LogP contribution in [0, 0.1) is 0 Å². The molecule has 0 radical (unpaired) electrons. The first kappa shape index (κ1) is 13.2. The summed E-state index contributed by atoms with van der Waals surface area (Å²) in [5, 5.41) is 3.14. The number of aromatic nitrogens is 3. The van der Waals surface area contributed by atoms with Gasteiger partial charge >= 0.3 is 5.97 Å². The summed E-state index contributed by atoms with van der Waals surface area (Å²) >= 11 is 0. The molecule has 1 N–H and O–H groups in total. The Morgan fingerprint density at radius 3 is 2.95 bits per heavy atom. The summed E-state index contributed by atoms with van der Waals surface area (Å²) in [7, 11) is 0. The third kappa shape index (κ3) is 3.61. The predicted molar refractivity (Wildman–Crippen MR) is 71.7 cm³/mol. The fourth-order valence-electron chi connectivity index (χ4n) is 1.71. The van der Waals surface area contributed by atoms with Crippen molar-refractivity contribution in [1.82, 2.24) is 15.0 Å². The molecule has 1 unspecified atom stereocenters. The van der Waals surface area contributed by atoms with Crippen LogP contribution in [0.15, 0.2) is 24.5 Å². The Kier molecular flexibility index (Phi) is 4.22. The number of ether oxygens (including phenoxy) is 1. The van der Waals surface area contributed by atoms with Crippen molar-refractivity contribution < 1.29 is 9.53 Å². The fourth-order valence-corrected chi connectivity index (χ4v) is 1.71. The van der Waals surface area contributed by atoms with Gasteiger partial charge in [-0.25, -0.2) is 9.97 Å². The molecule has 2 rings (SSSR count). The van der Waals surface area contributed by atoms with E-state index < -0.39 is 0 Å². The van der Waals surface area contributed by atoms with Crippen LogP contribution in [-0.2, 0) is 9.53 Å². The highest BCUT2D eigenvalue weighted by Gasteiger charge is 2.10. The number of esters is 1. The van der Waals surface area contributed by atoms with Gasteiger partial charge in [0.05, 0.1) is 13.0 Å². The number of nitrogens with one attached hydrogen (secondary N) is 1. The summed E-state index contributed by atoms with van der Waals surface area (Å²) in [4.78, 5) is 24.0. The molecule has 19 heavy (non-hydrogen) atoms. The number of pyridine rings is 1. The van der Waals surface area contributed by atoms with Crippen LogP contribution in [0.25, 0.3) is 11.2 Å². The summed E-state index contributed by atoms with van der Waals surface area (Å²) in [5.74, 6) is 0.452. The van der Waals surface area contributed by atoms with E-state index in [-0.39, 0.29) is 12.0 Å². The molecule has 0 saturated carbocycles. The SMILES string of the molecule is CCOC(=O)CC(C)Nc1ccc2nccnc2n1. The number of carbonyl (C=O) groups is 1. The topological polar surface area (TPSA) is 77.0 Å². The first-order chi connectivity index (χ1) is 9.19. The molecule has 2 aromatic heterocycles. The van der Waals surface area contributed by atoms with Gasteiger partial charge in [-0.3, -0.25) is 9.78 Å². The maximum Gasteiger partial charge on any atom is 0.307 e. The second-order valence-corrected chi connectivity index (χ2v) is 4.15. The van der Waals surface area contributed by atoms with E-state index in [1.165, 1.54) is 0 Å². The van der Waals surface area contributed by atoms with Crippen LogP contribution in [0.5, 0.6) is 0 Å². The number of hydrogen-bond donors (Lipinski definition) is 1. The predicted octanol–water partition coefficient (Wildman–Crippen LogP) is 1.78. The Labute approximate surface area is 111 Å². The minimum atomic E-state index is -0.219. The number of fused-ring (bicyclic) bond motifs is 1. The molecule has 6 nitrogen and oxygen atoms in total. The zero-order valence-electron chi connectivity index (χ0n) is 11.0. The van der Waals surface area contributed by atoms with Gasteiger partial charge in [0.15, 0.2) is 5.65 Å². The van der Waals surface area contributed by atoms with Crippen molar-refractivity contribution >= 4 is 23.0 Å². The molecule has 6 heteroatoms. The molecule has 0 aromatic carbocycles. The number of nitrogens with zero attached hydrogens (tertiary/aromatic N) is 3. The van der Waals surface area contributed by atoms with Crippen molar-refractivity contribution in [2.24, 2.45) is 0 Å². The van der Waals surface area contributed by atoms with E-state index in [4.69, 9.17) is 4.74 Å². The first-order valence-electron chi connectivity index (χ1n) is 6.19. The quantitative estimate of drug-likeness (QED) is 0.826. The molecular formula is C13H16N4O2. The Morgan fingerprint density at radius 1 is 1.37 bits per heavy atom. The molecular weight excluding hydrogens is 244 g/mol. The number of rotatable bonds is 5. The normalized spacial score (nSPS) is 12.1. The van der Waals surface area contributed by atoms with Crippen LogP contribution in [0.4, 0.5) is 5.82 Å². The minimum Gasteiger partial charge on any atom is -0.466 e. The molecule has 0 aliphatic heterocycles. The summed E-state index contributed by atoms with van der Waals surface area (Å²) < 4.78 is 4.90. The minimum absolute atomic E-state index is 0.0549. The average molecular weight is 260 g/mol. The van der Waals surface area contributed by atoms with Crippen molar-refractivity contribution in [2.75, 3.05) is 11.9 Å². The molecule has 1 atom stereocenters. The summed E-state index contributed by atoms with van der Waals surface area (Å²) in [5.41, 5.74) is 1.32. The van der Waals surface area contributed by atoms with Gasteiger partial charge in [0.2, 0.25) is 0 Å². The second kappa shape index (κ2) is 6.08. The molecule has 100 valence electrons. The highest BCUT2D eigenvalue weighted by Crippen LogP contribution is 2.12.